The number of amides is 3. The van der Waals surface area contributed by atoms with E-state index in [0.29, 0.717) is 77.2 Å². The van der Waals surface area contributed by atoms with Gasteiger partial charge >= 0.3 is 6.01 Å². The number of imide groups is 1. The highest BCUT2D eigenvalue weighted by Gasteiger charge is 2.46. The van der Waals surface area contributed by atoms with Gasteiger partial charge in [-0.2, -0.15) is 9.97 Å². The van der Waals surface area contributed by atoms with Gasteiger partial charge in [0.15, 0.2) is 5.82 Å². The molecule has 2 bridgehead atoms. The third-order valence-corrected chi connectivity index (χ3v) is 17.0. The molecule has 14 nitrogen and oxygen atoms in total. The molecule has 368 valence electrons. The Morgan fingerprint density at radius 1 is 0.901 bits per heavy atom. The zero-order valence-corrected chi connectivity index (χ0v) is 40.2. The van der Waals surface area contributed by atoms with Crippen LogP contribution in [0.3, 0.4) is 0 Å². The number of carbonyl (C=O) groups excluding carboxylic acids is 3. The number of aromatic nitrogens is 3. The number of nitrogens with one attached hydrogen (secondary N) is 2. The standard InChI is InChI=1S/C54H56ClF2N9O5/c1-2-36-41(56)7-3-32-22-35(67)23-38(45(32)36)48-47(57)49-39(24-58-48)50(65-25-33-4-5-34(26-65)59-33)62-53(61-49)71-29-54(15-16-54)28-63-17-11-30(12-18-63)21-31-13-19-64(20-14-31)42-8-6-37-40(46(42)55)27-66(52(37)70)43-9-10-44(68)60-51(43)69/h1,3,6-8,22-24,30-31,33-34,43,59,67H,4-5,9-21,25-29H2,(H,60,68,69). The van der Waals surface area contributed by atoms with E-state index in [2.05, 4.69) is 36.2 Å². The summed E-state index contributed by atoms with van der Waals surface area (Å²) in [7, 11) is 0. The van der Waals surface area contributed by atoms with Crippen LogP contribution in [0.15, 0.2) is 42.6 Å². The molecule has 1 aliphatic carbocycles. The maximum absolute atomic E-state index is 17.1. The number of benzene rings is 3. The van der Waals surface area contributed by atoms with E-state index in [-0.39, 0.29) is 69.7 Å². The molecule has 0 radical (unpaired) electrons. The van der Waals surface area contributed by atoms with E-state index < -0.39 is 23.6 Å². The summed E-state index contributed by atoms with van der Waals surface area (Å²) in [5.41, 5.74) is 2.24. The van der Waals surface area contributed by atoms with Crippen molar-refractivity contribution >= 4 is 62.5 Å². The average Bonchev–Trinajstić information content (AvgIpc) is 3.94. The Morgan fingerprint density at radius 2 is 1.65 bits per heavy atom. The second-order valence-corrected chi connectivity index (χ2v) is 21.6. The molecule has 3 aromatic carbocycles. The molecule has 1 saturated carbocycles. The van der Waals surface area contributed by atoms with E-state index in [0.717, 1.165) is 95.3 Å². The molecule has 6 aliphatic heterocycles. The molecule has 17 heteroatoms. The SMILES string of the molecule is C#Cc1c(F)ccc2cc(O)cc(-c3ncc4c(N5CC6CCC(C5)N6)nc(OCC5(CN6CCC(CC7CCN(c8ccc9c(c8Cl)CN(C8CCC(=O)NC8=O)C9=O)CC7)CC6)CC5)nc4c3F)c12. The van der Waals surface area contributed by atoms with Crippen molar-refractivity contribution in [3.8, 4) is 35.4 Å². The average molecular weight is 985 g/mol. The summed E-state index contributed by atoms with van der Waals surface area (Å²) in [6.45, 7) is 6.84. The minimum Gasteiger partial charge on any atom is -0.508 e. The maximum atomic E-state index is 17.1. The number of phenolic OH excluding ortho intramolecular Hbond substituents is 1. The molecule has 3 atom stereocenters. The van der Waals surface area contributed by atoms with Gasteiger partial charge in [-0.3, -0.25) is 24.7 Å². The van der Waals surface area contributed by atoms with Gasteiger partial charge in [0.25, 0.3) is 5.91 Å². The number of likely N-dealkylation sites (tertiary alicyclic amines) is 1. The lowest BCUT2D eigenvalue weighted by atomic mass is 9.82. The molecular formula is C54H56ClF2N9O5. The molecule has 3 N–H and O–H groups in total. The summed E-state index contributed by atoms with van der Waals surface area (Å²) < 4.78 is 38.7. The number of nitrogens with zero attached hydrogens (tertiary/aromatic N) is 7. The van der Waals surface area contributed by atoms with Crippen LogP contribution in [0.1, 0.15) is 92.1 Å². The summed E-state index contributed by atoms with van der Waals surface area (Å²) >= 11 is 7.02. The number of phenols is 1. The Hall–Kier alpha value is -6.15. The van der Waals surface area contributed by atoms with Gasteiger partial charge in [-0.25, -0.2) is 8.78 Å². The van der Waals surface area contributed by atoms with Crippen molar-refractivity contribution in [3.63, 3.8) is 0 Å². The number of aromatic hydroxyl groups is 1. The van der Waals surface area contributed by atoms with Crippen LogP contribution in [0.25, 0.3) is 32.9 Å². The van der Waals surface area contributed by atoms with Crippen molar-refractivity contribution in [2.75, 3.05) is 62.2 Å². The summed E-state index contributed by atoms with van der Waals surface area (Å²) in [6, 6.07) is 9.37. The highest BCUT2D eigenvalue weighted by Crippen LogP contribution is 2.48. The lowest BCUT2D eigenvalue weighted by Crippen LogP contribution is -2.52. The number of terminal acetylenes is 1. The molecule has 8 heterocycles. The third kappa shape index (κ3) is 8.57. The molecule has 5 saturated heterocycles. The van der Waals surface area contributed by atoms with E-state index in [4.69, 9.17) is 32.7 Å². The molecule has 3 unspecified atom stereocenters. The van der Waals surface area contributed by atoms with E-state index in [1.807, 2.05) is 12.1 Å². The zero-order chi connectivity index (χ0) is 48.7. The van der Waals surface area contributed by atoms with Crippen molar-refractivity contribution in [1.82, 2.24) is 35.4 Å². The Labute approximate surface area is 415 Å². The number of carbonyl (C=O) groups is 3. The number of rotatable bonds is 11. The first kappa shape index (κ1) is 46.0. The molecule has 71 heavy (non-hydrogen) atoms. The highest BCUT2D eigenvalue weighted by atomic mass is 35.5. The number of anilines is 2. The van der Waals surface area contributed by atoms with Crippen molar-refractivity contribution < 1.29 is 33.0 Å². The van der Waals surface area contributed by atoms with Gasteiger partial charge in [0, 0.05) is 91.5 Å². The van der Waals surface area contributed by atoms with Gasteiger partial charge in [0.1, 0.15) is 34.6 Å². The number of halogens is 3. The van der Waals surface area contributed by atoms with Crippen LogP contribution in [0.2, 0.25) is 5.02 Å². The van der Waals surface area contributed by atoms with Crippen molar-refractivity contribution in [2.45, 2.75) is 95.3 Å². The minimum atomic E-state index is -0.730. The van der Waals surface area contributed by atoms with Crippen LogP contribution in [-0.2, 0) is 16.1 Å². The Morgan fingerprint density at radius 3 is 2.37 bits per heavy atom. The van der Waals surface area contributed by atoms with Gasteiger partial charge in [-0.05, 0) is 125 Å². The van der Waals surface area contributed by atoms with Crippen LogP contribution in [0, 0.1) is 41.2 Å². The molecule has 0 spiro atoms. The summed E-state index contributed by atoms with van der Waals surface area (Å²) in [4.78, 5) is 60.5. The van der Waals surface area contributed by atoms with Crippen LogP contribution >= 0.6 is 11.6 Å². The van der Waals surface area contributed by atoms with Gasteiger partial charge in [-0.15, -0.1) is 6.42 Å². The fourth-order valence-corrected chi connectivity index (χ4v) is 12.9. The number of hydrogen-bond acceptors (Lipinski definition) is 12. The van der Waals surface area contributed by atoms with Gasteiger partial charge in [0.2, 0.25) is 11.8 Å². The number of pyridine rings is 1. The molecular weight excluding hydrogens is 928 g/mol. The summed E-state index contributed by atoms with van der Waals surface area (Å²) in [5.74, 6) is 1.83. The lowest BCUT2D eigenvalue weighted by molar-refractivity contribution is -0.136. The topological polar surface area (TPSA) is 156 Å². The number of piperidine rings is 3. The molecule has 6 fully saturated rings. The van der Waals surface area contributed by atoms with Crippen LogP contribution in [0.4, 0.5) is 20.3 Å². The van der Waals surface area contributed by atoms with Gasteiger partial charge in [0.05, 0.1) is 28.3 Å². The maximum Gasteiger partial charge on any atom is 0.319 e. The van der Waals surface area contributed by atoms with Crippen LogP contribution in [-0.4, -0.2) is 118 Å². The Kier molecular flexibility index (Phi) is 11.8. The predicted molar refractivity (Wildman–Crippen MR) is 265 cm³/mol. The fourth-order valence-electron chi connectivity index (χ4n) is 12.6. The monoisotopic (exact) mass is 983 g/mol. The second kappa shape index (κ2) is 18.2. The van der Waals surface area contributed by atoms with E-state index in [1.54, 1.807) is 11.1 Å². The molecule has 3 amide bonds. The number of hydrogen-bond donors (Lipinski definition) is 3. The zero-order valence-electron chi connectivity index (χ0n) is 39.5. The smallest absolute Gasteiger partial charge is 0.319 e. The lowest BCUT2D eigenvalue weighted by Gasteiger charge is -2.38. The van der Waals surface area contributed by atoms with E-state index in [9.17, 15) is 19.5 Å². The van der Waals surface area contributed by atoms with Gasteiger partial charge < -0.3 is 34.8 Å². The predicted octanol–water partition coefficient (Wildman–Crippen LogP) is 7.34. The minimum absolute atomic E-state index is 0.0394. The molecule has 12 rings (SSSR count). The first-order chi connectivity index (χ1) is 34.4. The Bertz CT molecular complexity index is 3040. The fraction of sp³-hybridized carbons (Fsp3) is 0.481. The summed E-state index contributed by atoms with van der Waals surface area (Å²) in [5, 5.41) is 18.5. The van der Waals surface area contributed by atoms with Crippen LogP contribution in [0.5, 0.6) is 11.8 Å². The first-order valence-electron chi connectivity index (χ1n) is 25.3. The summed E-state index contributed by atoms with van der Waals surface area (Å²) in [6.07, 6.45) is 17.7. The second-order valence-electron chi connectivity index (χ2n) is 21.2. The number of ether oxygens (including phenoxy) is 1. The van der Waals surface area contributed by atoms with Gasteiger partial charge in [-0.1, -0.05) is 23.6 Å². The third-order valence-electron chi connectivity index (χ3n) is 16.6. The molecule has 5 aromatic rings. The normalized spacial score (nSPS) is 23.7. The van der Waals surface area contributed by atoms with Crippen LogP contribution < -0.4 is 25.2 Å². The van der Waals surface area contributed by atoms with E-state index in [1.165, 1.54) is 30.7 Å². The van der Waals surface area contributed by atoms with Crippen molar-refractivity contribution in [2.24, 2.45) is 17.3 Å². The Balaban J connectivity index is 0.687. The quantitative estimate of drug-likeness (QED) is 0.0896. The largest absolute Gasteiger partial charge is 0.508 e. The number of piperazine rings is 1. The number of fused-ring (bicyclic) bond motifs is 5. The van der Waals surface area contributed by atoms with E-state index >= 15 is 8.78 Å². The van der Waals surface area contributed by atoms with Crippen molar-refractivity contribution in [3.05, 3.63) is 75.9 Å². The highest BCUT2D eigenvalue weighted by molar-refractivity contribution is 6.35. The first-order valence-corrected chi connectivity index (χ1v) is 25.6. The molecule has 2 aromatic heterocycles. The van der Waals surface area contributed by atoms with Crippen molar-refractivity contribution in [1.29, 1.82) is 0 Å². The molecule has 7 aliphatic rings.